The predicted octanol–water partition coefficient (Wildman–Crippen LogP) is 1.82. The highest BCUT2D eigenvalue weighted by Gasteiger charge is 1.89. The Bertz CT molecular complexity index is 121. The minimum Gasteiger partial charge on any atom is -0.513 e. The molecule has 9 heavy (non-hydrogen) atoms. The highest BCUT2D eigenvalue weighted by molar-refractivity contribution is 5.75. The third-order valence-electron chi connectivity index (χ3n) is 0.936. The van der Waals surface area contributed by atoms with E-state index in [0.717, 1.165) is 0 Å². The number of hydrogen-bond acceptors (Lipinski definition) is 2. The maximum Gasteiger partial charge on any atom is 0.130 e. The van der Waals surface area contributed by atoms with Crippen LogP contribution in [-0.2, 0) is 4.79 Å². The van der Waals surface area contributed by atoms with Crippen LogP contribution in [0.4, 0.5) is 0 Å². The van der Waals surface area contributed by atoms with Crippen molar-refractivity contribution in [1.82, 2.24) is 0 Å². The summed E-state index contributed by atoms with van der Waals surface area (Å²) in [6.07, 6.45) is 2.82. The molecule has 0 heterocycles. The largest absolute Gasteiger partial charge is 0.513 e. The van der Waals surface area contributed by atoms with Gasteiger partial charge in [-0.1, -0.05) is 0 Å². The van der Waals surface area contributed by atoms with E-state index in [1.54, 1.807) is 19.9 Å². The summed E-state index contributed by atoms with van der Waals surface area (Å²) in [6, 6.07) is 0. The van der Waals surface area contributed by atoms with Gasteiger partial charge in [-0.05, 0) is 26.3 Å². The van der Waals surface area contributed by atoms with Gasteiger partial charge in [0.05, 0.1) is 5.76 Å². The fourth-order valence-electron chi connectivity index (χ4n) is 0.484. The van der Waals surface area contributed by atoms with Crippen LogP contribution in [0.5, 0.6) is 0 Å². The summed E-state index contributed by atoms with van der Waals surface area (Å²) in [7, 11) is 0. The molecule has 0 rings (SSSR count). The van der Waals surface area contributed by atoms with Crippen LogP contribution in [0.2, 0.25) is 0 Å². The number of aliphatic hydroxyl groups is 1. The summed E-state index contributed by atoms with van der Waals surface area (Å²) in [5.41, 5.74) is 0. The minimum absolute atomic E-state index is 0.160. The number of Topliss-reactive ketones (excluding diaryl/α,β-unsaturated/α-hetero) is 1. The van der Waals surface area contributed by atoms with Gasteiger partial charge in [-0.25, -0.2) is 0 Å². The molecular weight excluding hydrogens is 116 g/mol. The van der Waals surface area contributed by atoms with Crippen LogP contribution in [0.25, 0.3) is 0 Å². The van der Waals surface area contributed by atoms with Crippen molar-refractivity contribution in [3.63, 3.8) is 0 Å². The lowest BCUT2D eigenvalue weighted by Gasteiger charge is -1.88. The quantitative estimate of drug-likeness (QED) is 0.588. The number of carbonyl (C=O) groups is 1. The van der Waals surface area contributed by atoms with Crippen LogP contribution in [0, 0.1) is 0 Å². The summed E-state index contributed by atoms with van der Waals surface area (Å²) in [6.45, 7) is 3.14. The van der Waals surface area contributed by atoms with E-state index in [0.29, 0.717) is 12.8 Å². The number of rotatable bonds is 3. The first kappa shape index (κ1) is 8.21. The molecule has 0 unspecified atom stereocenters. The molecule has 0 atom stereocenters. The molecule has 0 aliphatic heterocycles. The summed E-state index contributed by atoms with van der Waals surface area (Å²) >= 11 is 0. The van der Waals surface area contributed by atoms with Crippen molar-refractivity contribution in [2.45, 2.75) is 26.7 Å². The average molecular weight is 128 g/mol. The van der Waals surface area contributed by atoms with E-state index in [1.165, 1.54) is 0 Å². The Hall–Kier alpha value is -0.790. The van der Waals surface area contributed by atoms with Gasteiger partial charge in [0.1, 0.15) is 5.78 Å². The highest BCUT2D eigenvalue weighted by Crippen LogP contribution is 1.94. The zero-order valence-electron chi connectivity index (χ0n) is 5.85. The Morgan fingerprint density at radius 1 is 1.56 bits per heavy atom. The molecule has 0 aromatic rings. The van der Waals surface area contributed by atoms with Crippen LogP contribution in [0.1, 0.15) is 26.7 Å². The van der Waals surface area contributed by atoms with Crippen molar-refractivity contribution in [3.8, 4) is 0 Å². The SMILES string of the molecule is CC(=O)CC/C=C(/C)O. The van der Waals surface area contributed by atoms with Gasteiger partial charge in [0.15, 0.2) is 0 Å². The Morgan fingerprint density at radius 3 is 2.44 bits per heavy atom. The van der Waals surface area contributed by atoms with Gasteiger partial charge in [-0.15, -0.1) is 0 Å². The van der Waals surface area contributed by atoms with Gasteiger partial charge < -0.3 is 9.90 Å². The second-order valence-corrected chi connectivity index (χ2v) is 2.09. The van der Waals surface area contributed by atoms with Gasteiger partial charge in [0.25, 0.3) is 0 Å². The van der Waals surface area contributed by atoms with Gasteiger partial charge >= 0.3 is 0 Å². The lowest BCUT2D eigenvalue weighted by molar-refractivity contribution is -0.116. The van der Waals surface area contributed by atoms with Gasteiger partial charge in [-0.2, -0.15) is 0 Å². The van der Waals surface area contributed by atoms with E-state index in [9.17, 15) is 4.79 Å². The van der Waals surface area contributed by atoms with Crippen LogP contribution in [0.3, 0.4) is 0 Å². The Balaban J connectivity index is 3.31. The highest BCUT2D eigenvalue weighted by atomic mass is 16.3. The molecule has 52 valence electrons. The molecular formula is C7H12O2. The van der Waals surface area contributed by atoms with Crippen molar-refractivity contribution in [1.29, 1.82) is 0 Å². The summed E-state index contributed by atoms with van der Waals surface area (Å²) in [4.78, 5) is 10.3. The topological polar surface area (TPSA) is 37.3 Å². The second-order valence-electron chi connectivity index (χ2n) is 2.09. The zero-order chi connectivity index (χ0) is 7.28. The summed E-state index contributed by atoms with van der Waals surface area (Å²) in [5, 5.41) is 8.62. The molecule has 0 saturated heterocycles. The van der Waals surface area contributed by atoms with Crippen molar-refractivity contribution in [2.24, 2.45) is 0 Å². The summed E-state index contributed by atoms with van der Waals surface area (Å²) < 4.78 is 0. The van der Waals surface area contributed by atoms with Crippen LogP contribution >= 0.6 is 0 Å². The molecule has 0 aliphatic rings. The number of ketones is 1. The number of hydrogen-bond donors (Lipinski definition) is 1. The fraction of sp³-hybridized carbons (Fsp3) is 0.571. The molecule has 0 saturated carbocycles. The Labute approximate surface area is 55.2 Å². The normalized spacial score (nSPS) is 11.6. The van der Waals surface area contributed by atoms with Crippen molar-refractivity contribution >= 4 is 5.78 Å². The van der Waals surface area contributed by atoms with E-state index in [4.69, 9.17) is 5.11 Å². The number of carbonyl (C=O) groups excluding carboxylic acids is 1. The predicted molar refractivity (Wildman–Crippen MR) is 36.3 cm³/mol. The van der Waals surface area contributed by atoms with Crippen molar-refractivity contribution in [3.05, 3.63) is 11.8 Å². The molecule has 0 aromatic carbocycles. The average Bonchev–Trinajstić information content (AvgIpc) is 1.63. The van der Waals surface area contributed by atoms with E-state index >= 15 is 0 Å². The zero-order valence-corrected chi connectivity index (χ0v) is 5.85. The van der Waals surface area contributed by atoms with Gasteiger partial charge in [0, 0.05) is 6.42 Å². The maximum absolute atomic E-state index is 10.3. The van der Waals surface area contributed by atoms with Gasteiger partial charge in [-0.3, -0.25) is 0 Å². The lowest BCUT2D eigenvalue weighted by Crippen LogP contribution is -1.86. The molecule has 0 fully saturated rings. The van der Waals surface area contributed by atoms with Crippen LogP contribution < -0.4 is 0 Å². The molecule has 1 N–H and O–H groups in total. The molecule has 0 aliphatic carbocycles. The molecule has 0 radical (unpaired) electrons. The Kier molecular flexibility index (Phi) is 3.76. The first-order chi connectivity index (χ1) is 4.13. The van der Waals surface area contributed by atoms with E-state index in [2.05, 4.69) is 0 Å². The molecule has 0 bridgehead atoms. The number of aliphatic hydroxyl groups excluding tert-OH is 1. The smallest absolute Gasteiger partial charge is 0.130 e. The van der Waals surface area contributed by atoms with Gasteiger partial charge in [0.2, 0.25) is 0 Å². The molecule has 0 aromatic heterocycles. The lowest BCUT2D eigenvalue weighted by atomic mass is 10.2. The fourth-order valence-corrected chi connectivity index (χ4v) is 0.484. The van der Waals surface area contributed by atoms with Crippen LogP contribution in [0.15, 0.2) is 11.8 Å². The monoisotopic (exact) mass is 128 g/mol. The molecule has 0 spiro atoms. The first-order valence-corrected chi connectivity index (χ1v) is 2.98. The molecule has 2 heteroatoms. The third kappa shape index (κ3) is 7.21. The van der Waals surface area contributed by atoms with E-state index < -0.39 is 0 Å². The van der Waals surface area contributed by atoms with Crippen molar-refractivity contribution < 1.29 is 9.90 Å². The van der Waals surface area contributed by atoms with E-state index in [1.807, 2.05) is 0 Å². The van der Waals surface area contributed by atoms with Crippen LogP contribution in [-0.4, -0.2) is 10.9 Å². The Morgan fingerprint density at radius 2 is 2.11 bits per heavy atom. The van der Waals surface area contributed by atoms with Crippen molar-refractivity contribution in [2.75, 3.05) is 0 Å². The third-order valence-corrected chi connectivity index (χ3v) is 0.936. The van der Waals surface area contributed by atoms with E-state index in [-0.39, 0.29) is 11.5 Å². The minimum atomic E-state index is 0.160. The maximum atomic E-state index is 10.3. The standard InChI is InChI=1S/C7H12O2/c1-6(8)4-3-5-7(2)9/h4,8H,3,5H2,1-2H3/b6-4-. The molecule has 2 nitrogen and oxygen atoms in total. The number of allylic oxidation sites excluding steroid dienone is 2. The summed E-state index contributed by atoms with van der Waals surface area (Å²) in [5.74, 6) is 0.448. The second kappa shape index (κ2) is 4.13. The first-order valence-electron chi connectivity index (χ1n) is 2.98. The molecule has 0 amide bonds.